The molecule has 0 bridgehead atoms. The molecule has 0 aliphatic rings. The predicted molar refractivity (Wildman–Crippen MR) is 409 cm³/mol. The fourth-order valence-corrected chi connectivity index (χ4v) is 14.1. The molecule has 0 rings (SSSR count). The Kier molecular flexibility index (Phi) is 71.2. The van der Waals surface area contributed by atoms with Crippen molar-refractivity contribution in [3.63, 3.8) is 0 Å². The van der Waals surface area contributed by atoms with Gasteiger partial charge in [-0.25, -0.2) is 9.13 Å². The van der Waals surface area contributed by atoms with Crippen LogP contribution in [0, 0.1) is 11.8 Å². The number of hydrogen-bond donors (Lipinski definition) is 3. The van der Waals surface area contributed by atoms with Gasteiger partial charge in [0.25, 0.3) is 0 Å². The third kappa shape index (κ3) is 71.7. The molecule has 4 unspecified atom stereocenters. The molecule has 0 heterocycles. The topological polar surface area (TPSA) is 237 Å². The van der Waals surface area contributed by atoms with Gasteiger partial charge < -0.3 is 33.8 Å². The van der Waals surface area contributed by atoms with Crippen molar-refractivity contribution in [2.24, 2.45) is 11.8 Å². The van der Waals surface area contributed by atoms with Crippen molar-refractivity contribution in [3.8, 4) is 0 Å². The Labute approximate surface area is 613 Å². The van der Waals surface area contributed by atoms with E-state index in [1.54, 1.807) is 0 Å². The smallest absolute Gasteiger partial charge is 0.462 e. The van der Waals surface area contributed by atoms with Crippen LogP contribution in [0.2, 0.25) is 0 Å². The Hall–Kier alpha value is -1.94. The van der Waals surface area contributed by atoms with Gasteiger partial charge in [-0.15, -0.1) is 0 Å². The molecule has 100 heavy (non-hydrogen) atoms. The molecular weight excluding hydrogens is 1310 g/mol. The summed E-state index contributed by atoms with van der Waals surface area (Å²) in [5, 5.41) is 10.6. The van der Waals surface area contributed by atoms with Crippen molar-refractivity contribution in [2.45, 2.75) is 445 Å². The fraction of sp³-hybridized carbons (Fsp3) is 0.951. The quantitative estimate of drug-likeness (QED) is 0.0222. The maximum Gasteiger partial charge on any atom is 0.472 e. The standard InChI is InChI=1S/C81H158O17P2/c1-7-11-13-15-17-19-21-23-25-27-29-30-32-34-36-38-40-42-44-53-59-65-80(85)97-76(69-91-78(83)63-57-51-43-41-39-37-35-33-31-28-26-24-22-20-18-16-14-12-8-2)71-95-99(87,88)93-67-75(82)68-94-100(89,90)96-72-77(98-81(86)66-60-54-48-46-50-56-62-74(6)10-4)70-92-79(84)64-58-52-47-45-49-55-61-73(5)9-3/h73-77,82H,7-72H2,1-6H3,(H,87,88)(H,89,90)/t73?,74?,75-,76-,77-/m1/s1. The van der Waals surface area contributed by atoms with Crippen LogP contribution in [0.15, 0.2) is 0 Å². The molecular formula is C81H158O17P2. The first-order chi connectivity index (χ1) is 48.4. The van der Waals surface area contributed by atoms with Crippen molar-refractivity contribution >= 4 is 39.5 Å². The van der Waals surface area contributed by atoms with E-state index in [1.807, 2.05) is 0 Å². The fourth-order valence-electron chi connectivity index (χ4n) is 12.5. The summed E-state index contributed by atoms with van der Waals surface area (Å²) in [4.78, 5) is 72.9. The number of carbonyl (C=O) groups is 4. The molecule has 0 spiro atoms. The third-order valence-corrected chi connectivity index (χ3v) is 21.6. The summed E-state index contributed by atoms with van der Waals surface area (Å²) in [6, 6.07) is 0. The minimum atomic E-state index is -4.96. The van der Waals surface area contributed by atoms with Gasteiger partial charge in [-0.3, -0.25) is 37.3 Å². The maximum atomic E-state index is 13.1. The summed E-state index contributed by atoms with van der Waals surface area (Å²) in [5.74, 6) is -0.665. The molecule has 0 aromatic rings. The zero-order valence-electron chi connectivity index (χ0n) is 65.5. The first-order valence-electron chi connectivity index (χ1n) is 42.1. The Morgan fingerprint density at radius 3 is 0.710 bits per heavy atom. The number of unbranched alkanes of at least 4 members (excludes halogenated alkanes) is 48. The second-order valence-electron chi connectivity index (χ2n) is 29.6. The van der Waals surface area contributed by atoms with Crippen LogP contribution in [0.3, 0.4) is 0 Å². The first kappa shape index (κ1) is 98.1. The number of ether oxygens (including phenoxy) is 4. The van der Waals surface area contributed by atoms with Gasteiger partial charge >= 0.3 is 39.5 Å². The number of aliphatic hydroxyl groups is 1. The average molecular weight is 1470 g/mol. The molecule has 0 saturated heterocycles. The van der Waals surface area contributed by atoms with Gasteiger partial charge in [-0.1, -0.05) is 375 Å². The van der Waals surface area contributed by atoms with E-state index in [-0.39, 0.29) is 25.7 Å². The van der Waals surface area contributed by atoms with E-state index in [0.29, 0.717) is 25.7 Å². The molecule has 7 atom stereocenters. The van der Waals surface area contributed by atoms with E-state index >= 15 is 0 Å². The normalized spacial score (nSPS) is 14.4. The number of rotatable bonds is 80. The zero-order chi connectivity index (χ0) is 73.5. The monoisotopic (exact) mass is 1470 g/mol. The van der Waals surface area contributed by atoms with Crippen LogP contribution in [0.25, 0.3) is 0 Å². The van der Waals surface area contributed by atoms with Crippen molar-refractivity contribution in [1.29, 1.82) is 0 Å². The van der Waals surface area contributed by atoms with E-state index in [0.717, 1.165) is 108 Å². The van der Waals surface area contributed by atoms with Gasteiger partial charge in [-0.05, 0) is 37.5 Å². The minimum absolute atomic E-state index is 0.102. The van der Waals surface area contributed by atoms with E-state index < -0.39 is 97.5 Å². The highest BCUT2D eigenvalue weighted by Crippen LogP contribution is 2.45. The predicted octanol–water partition coefficient (Wildman–Crippen LogP) is 24.3. The minimum Gasteiger partial charge on any atom is -0.462 e. The van der Waals surface area contributed by atoms with E-state index in [4.69, 9.17) is 37.0 Å². The van der Waals surface area contributed by atoms with Crippen LogP contribution < -0.4 is 0 Å². The van der Waals surface area contributed by atoms with Crippen LogP contribution in [0.5, 0.6) is 0 Å². The lowest BCUT2D eigenvalue weighted by atomic mass is 10.00. The van der Waals surface area contributed by atoms with Crippen molar-refractivity contribution in [1.82, 2.24) is 0 Å². The number of aliphatic hydroxyl groups excluding tert-OH is 1. The highest BCUT2D eigenvalue weighted by atomic mass is 31.2. The zero-order valence-corrected chi connectivity index (χ0v) is 67.3. The molecule has 594 valence electrons. The SMILES string of the molecule is CCCCCCCCCCCCCCCCCCCCCCCC(=O)O[C@H](COC(=O)CCCCCCCCCCCCCCCCCCCCC)COP(=O)(O)OC[C@@H](O)COP(=O)(O)OC[C@@H](COC(=O)CCCCCCCCC(C)CC)OC(=O)CCCCCCCCC(C)CC. The van der Waals surface area contributed by atoms with Gasteiger partial charge in [0.2, 0.25) is 0 Å². The van der Waals surface area contributed by atoms with Gasteiger partial charge in [-0.2, -0.15) is 0 Å². The maximum absolute atomic E-state index is 13.1. The first-order valence-corrected chi connectivity index (χ1v) is 45.1. The van der Waals surface area contributed by atoms with Crippen LogP contribution in [-0.2, 0) is 65.4 Å². The lowest BCUT2D eigenvalue weighted by Gasteiger charge is -2.21. The van der Waals surface area contributed by atoms with Gasteiger partial charge in [0.1, 0.15) is 19.3 Å². The molecule has 0 radical (unpaired) electrons. The highest BCUT2D eigenvalue weighted by molar-refractivity contribution is 7.47. The molecule has 0 aromatic heterocycles. The number of esters is 4. The summed E-state index contributed by atoms with van der Waals surface area (Å²) in [6.45, 7) is 9.53. The Morgan fingerprint density at radius 2 is 0.480 bits per heavy atom. The summed E-state index contributed by atoms with van der Waals surface area (Å²) in [5.41, 5.74) is 0. The summed E-state index contributed by atoms with van der Waals surface area (Å²) < 4.78 is 68.6. The van der Waals surface area contributed by atoms with E-state index in [1.165, 1.54) is 238 Å². The molecule has 17 nitrogen and oxygen atoms in total. The number of phosphoric acid groups is 2. The lowest BCUT2D eigenvalue weighted by molar-refractivity contribution is -0.161. The molecule has 0 aliphatic heterocycles. The number of hydrogen-bond acceptors (Lipinski definition) is 15. The Bertz CT molecular complexity index is 1930. The molecule has 0 amide bonds. The summed E-state index contributed by atoms with van der Waals surface area (Å²) in [6.07, 6.45) is 62.8. The molecule has 0 saturated carbocycles. The number of phosphoric ester groups is 2. The molecule has 0 aliphatic carbocycles. The molecule has 0 aromatic carbocycles. The van der Waals surface area contributed by atoms with Crippen LogP contribution in [0.1, 0.15) is 427 Å². The third-order valence-electron chi connectivity index (χ3n) is 19.7. The van der Waals surface area contributed by atoms with Crippen molar-refractivity contribution in [3.05, 3.63) is 0 Å². The molecule has 19 heteroatoms. The van der Waals surface area contributed by atoms with Crippen LogP contribution in [0.4, 0.5) is 0 Å². The Morgan fingerprint density at radius 1 is 0.280 bits per heavy atom. The average Bonchev–Trinajstić information content (AvgIpc) is 0.926. The highest BCUT2D eigenvalue weighted by Gasteiger charge is 2.30. The van der Waals surface area contributed by atoms with E-state index in [9.17, 15) is 43.2 Å². The molecule has 0 fully saturated rings. The van der Waals surface area contributed by atoms with Crippen LogP contribution >= 0.6 is 15.6 Å². The summed E-state index contributed by atoms with van der Waals surface area (Å²) >= 11 is 0. The lowest BCUT2D eigenvalue weighted by Crippen LogP contribution is -2.30. The van der Waals surface area contributed by atoms with Crippen molar-refractivity contribution < 1.29 is 80.2 Å². The van der Waals surface area contributed by atoms with Gasteiger partial charge in [0.15, 0.2) is 12.2 Å². The van der Waals surface area contributed by atoms with E-state index in [2.05, 4.69) is 41.5 Å². The molecule has 3 N–H and O–H groups in total. The second-order valence-corrected chi connectivity index (χ2v) is 32.6. The van der Waals surface area contributed by atoms with Crippen LogP contribution in [-0.4, -0.2) is 96.7 Å². The largest absolute Gasteiger partial charge is 0.472 e. The second kappa shape index (κ2) is 72.6. The number of carbonyl (C=O) groups excluding carboxylic acids is 4. The van der Waals surface area contributed by atoms with Crippen molar-refractivity contribution in [2.75, 3.05) is 39.6 Å². The van der Waals surface area contributed by atoms with Gasteiger partial charge in [0, 0.05) is 25.7 Å². The Balaban J connectivity index is 5.19. The summed E-state index contributed by atoms with van der Waals surface area (Å²) in [7, 11) is -9.92. The van der Waals surface area contributed by atoms with Gasteiger partial charge in [0.05, 0.1) is 26.4 Å².